The van der Waals surface area contributed by atoms with Crippen molar-refractivity contribution in [2.45, 2.75) is 133 Å². The largest absolute Gasteiger partial charge is 0.461 e. The van der Waals surface area contributed by atoms with E-state index in [-0.39, 0.29) is 31.1 Å². The number of aromatic nitrogens is 1. The molecule has 0 unspecified atom stereocenters. The van der Waals surface area contributed by atoms with Crippen LogP contribution in [0.3, 0.4) is 0 Å². The van der Waals surface area contributed by atoms with Crippen LogP contribution in [-0.4, -0.2) is 46.6 Å². The Balaban J connectivity index is 0.00000304. The van der Waals surface area contributed by atoms with E-state index >= 15 is 0 Å². The van der Waals surface area contributed by atoms with Crippen molar-refractivity contribution in [3.8, 4) is 0 Å². The number of aryl methyl sites for hydroxylation is 1. The summed E-state index contributed by atoms with van der Waals surface area (Å²) in [5.74, 6) is -0.875. The van der Waals surface area contributed by atoms with E-state index in [2.05, 4.69) is 11.9 Å². The first-order valence-corrected chi connectivity index (χ1v) is 16.8. The number of amides is 1. The number of alkyl halides is 1. The number of allylic oxidation sites excluding steroid dienone is 4. The summed E-state index contributed by atoms with van der Waals surface area (Å²) < 4.78 is 20.4. The van der Waals surface area contributed by atoms with Gasteiger partial charge in [-0.25, -0.2) is 4.39 Å². The molecule has 0 saturated carbocycles. The van der Waals surface area contributed by atoms with Crippen molar-refractivity contribution in [1.29, 1.82) is 0 Å². The number of aliphatic imine (C=N–C) groups is 1. The van der Waals surface area contributed by atoms with E-state index in [4.69, 9.17) is 9.73 Å². The summed E-state index contributed by atoms with van der Waals surface area (Å²) in [5, 5.41) is 12.4. The molecule has 0 aliphatic carbocycles. The third-order valence-electron chi connectivity index (χ3n) is 7.27. The van der Waals surface area contributed by atoms with Crippen LogP contribution in [0.2, 0.25) is 0 Å². The maximum atomic E-state index is 13.7. The zero-order chi connectivity index (χ0) is 34.5. The summed E-state index contributed by atoms with van der Waals surface area (Å²) in [4.78, 5) is 42.6. The van der Waals surface area contributed by atoms with Crippen LogP contribution in [0.1, 0.15) is 124 Å². The Morgan fingerprint density at radius 1 is 1.16 bits per heavy atom. The van der Waals surface area contributed by atoms with Gasteiger partial charge in [0.25, 0.3) is 5.56 Å². The van der Waals surface area contributed by atoms with Gasteiger partial charge in [0.1, 0.15) is 19.9 Å². The number of rotatable bonds is 14. The smallest absolute Gasteiger partial charge is 0.305 e. The molecule has 1 aromatic rings. The fourth-order valence-corrected chi connectivity index (χ4v) is 5.09. The maximum absolute atomic E-state index is 13.7. The molecule has 1 aromatic heterocycles. The van der Waals surface area contributed by atoms with Crippen molar-refractivity contribution >= 4 is 17.6 Å². The molecule has 2 aliphatic heterocycles. The lowest BCUT2D eigenvalue weighted by Gasteiger charge is -2.27. The standard InChI is InChI=1S/C30H40FN3O5.3C2H6/c1-5-9-20-14-26-29-23(16-34(26)30(38)24(20)18-39-28(37)7-3)22(15-21(32-29)12-13-31)25(33-27(36)17-35)11-8-10-19(4)6-2;3*1-2/h12,14,25,35H,4-11,13,15-18H2,1-3H3,(H,33,36);3*1-2H3/b21-12+;;;/t25-;;;/m0.../s1. The van der Waals surface area contributed by atoms with Gasteiger partial charge in [0.15, 0.2) is 0 Å². The van der Waals surface area contributed by atoms with Crippen molar-refractivity contribution < 1.29 is 23.8 Å². The molecule has 0 radical (unpaired) electrons. The Hall–Kier alpha value is -3.33. The Labute approximate surface area is 270 Å². The summed E-state index contributed by atoms with van der Waals surface area (Å²) in [5.41, 5.74) is 5.58. The first-order chi connectivity index (χ1) is 21.8. The van der Waals surface area contributed by atoms with Gasteiger partial charge in [-0.05, 0) is 55.4 Å². The SMILES string of the molecule is C=C(CC)CCC[C@H](NC(=O)CO)C1=C2Cn3c(cc(CCC)c(COC(=O)CC)c3=O)C2=N/C(=C/CF)C1.CC.CC.CC. The molecule has 45 heavy (non-hydrogen) atoms. The van der Waals surface area contributed by atoms with E-state index in [0.29, 0.717) is 41.9 Å². The number of carbonyl (C=O) groups excluding carboxylic acids is 2. The molecule has 2 aliphatic rings. The van der Waals surface area contributed by atoms with Gasteiger partial charge in [-0.2, -0.15) is 0 Å². The Morgan fingerprint density at radius 2 is 1.82 bits per heavy atom. The molecule has 0 bridgehead atoms. The number of aliphatic hydroxyl groups is 1. The zero-order valence-corrected chi connectivity index (χ0v) is 29.3. The third kappa shape index (κ3) is 11.8. The number of nitrogens with zero attached hydrogens (tertiary/aromatic N) is 2. The van der Waals surface area contributed by atoms with Crippen LogP contribution in [0.4, 0.5) is 4.39 Å². The first kappa shape index (κ1) is 41.7. The molecule has 3 heterocycles. The van der Waals surface area contributed by atoms with E-state index in [1.807, 2.05) is 61.5 Å². The summed E-state index contributed by atoms with van der Waals surface area (Å²) in [6.07, 6.45) is 6.44. The summed E-state index contributed by atoms with van der Waals surface area (Å²) in [6.45, 7) is 20.7. The molecule has 8 nitrogen and oxygen atoms in total. The van der Waals surface area contributed by atoms with Crippen LogP contribution in [0.15, 0.2) is 50.9 Å². The Kier molecular flexibility index (Phi) is 21.4. The number of dihydropyridines is 1. The van der Waals surface area contributed by atoms with Gasteiger partial charge in [-0.3, -0.25) is 19.4 Å². The van der Waals surface area contributed by atoms with E-state index in [1.54, 1.807) is 11.5 Å². The lowest BCUT2D eigenvalue weighted by atomic mass is 9.87. The van der Waals surface area contributed by atoms with Gasteiger partial charge < -0.3 is 19.7 Å². The topological polar surface area (TPSA) is 110 Å². The van der Waals surface area contributed by atoms with Gasteiger partial charge >= 0.3 is 5.97 Å². The Bertz CT molecular complexity index is 1260. The number of hydrogen-bond donors (Lipinski definition) is 2. The lowest BCUT2D eigenvalue weighted by molar-refractivity contribution is -0.144. The van der Waals surface area contributed by atoms with E-state index < -0.39 is 25.2 Å². The molecule has 1 amide bonds. The predicted octanol–water partition coefficient (Wildman–Crippen LogP) is 7.30. The van der Waals surface area contributed by atoms with E-state index in [9.17, 15) is 23.9 Å². The van der Waals surface area contributed by atoms with E-state index in [0.717, 1.165) is 48.0 Å². The van der Waals surface area contributed by atoms with Gasteiger partial charge in [0.2, 0.25) is 5.91 Å². The quantitative estimate of drug-likeness (QED) is 0.165. The summed E-state index contributed by atoms with van der Waals surface area (Å²) in [6, 6.07) is 1.51. The zero-order valence-electron chi connectivity index (χ0n) is 29.3. The number of aliphatic hydroxyl groups excluding tert-OH is 1. The highest BCUT2D eigenvalue weighted by molar-refractivity contribution is 6.15. The molecule has 0 aromatic carbocycles. The number of carbonyl (C=O) groups is 2. The number of fused-ring (bicyclic) bond motifs is 3. The van der Waals surface area contributed by atoms with Gasteiger partial charge in [0, 0.05) is 24.1 Å². The lowest BCUT2D eigenvalue weighted by Crippen LogP contribution is -2.39. The van der Waals surface area contributed by atoms with Crippen LogP contribution in [0.5, 0.6) is 0 Å². The van der Waals surface area contributed by atoms with Gasteiger partial charge in [-0.15, -0.1) is 0 Å². The monoisotopic (exact) mass is 631 g/mol. The highest BCUT2D eigenvalue weighted by Crippen LogP contribution is 2.35. The first-order valence-electron chi connectivity index (χ1n) is 16.8. The van der Waals surface area contributed by atoms with Crippen LogP contribution >= 0.6 is 0 Å². The maximum Gasteiger partial charge on any atom is 0.305 e. The normalized spacial score (nSPS) is 14.3. The number of halogens is 1. The molecule has 254 valence electrons. The highest BCUT2D eigenvalue weighted by atomic mass is 19.1. The van der Waals surface area contributed by atoms with Gasteiger partial charge in [-0.1, -0.05) is 80.9 Å². The minimum absolute atomic E-state index is 0.0942. The second-order valence-corrected chi connectivity index (χ2v) is 9.95. The van der Waals surface area contributed by atoms with Crippen LogP contribution in [0, 0.1) is 0 Å². The highest BCUT2D eigenvalue weighted by Gasteiger charge is 2.34. The average Bonchev–Trinajstić information content (AvgIpc) is 3.45. The molecular formula is C36H58FN3O5. The van der Waals surface area contributed by atoms with Crippen LogP contribution in [0.25, 0.3) is 0 Å². The van der Waals surface area contributed by atoms with Gasteiger partial charge in [0.05, 0.1) is 29.6 Å². The average molecular weight is 632 g/mol. The number of nitrogens with one attached hydrogen (secondary N) is 1. The predicted molar refractivity (Wildman–Crippen MR) is 183 cm³/mol. The molecule has 9 heteroatoms. The van der Waals surface area contributed by atoms with Crippen molar-refractivity contribution in [2.24, 2.45) is 4.99 Å². The minimum Gasteiger partial charge on any atom is -0.461 e. The minimum atomic E-state index is -0.686. The summed E-state index contributed by atoms with van der Waals surface area (Å²) >= 11 is 0. The Morgan fingerprint density at radius 3 is 2.38 bits per heavy atom. The third-order valence-corrected chi connectivity index (χ3v) is 7.27. The molecule has 0 spiro atoms. The van der Waals surface area contributed by atoms with Crippen molar-refractivity contribution in [2.75, 3.05) is 13.3 Å². The van der Waals surface area contributed by atoms with E-state index in [1.165, 1.54) is 6.08 Å². The van der Waals surface area contributed by atoms with Crippen LogP contribution < -0.4 is 10.9 Å². The molecule has 2 N–H and O–H groups in total. The van der Waals surface area contributed by atoms with Crippen molar-refractivity contribution in [3.05, 3.63) is 68.3 Å². The van der Waals surface area contributed by atoms with Crippen molar-refractivity contribution in [1.82, 2.24) is 9.88 Å². The second kappa shape index (κ2) is 23.1. The number of hydrogen-bond acceptors (Lipinski definition) is 6. The number of esters is 1. The fourth-order valence-electron chi connectivity index (χ4n) is 5.09. The number of ether oxygens (including phenoxy) is 1. The number of pyridine rings is 1. The molecule has 3 rings (SSSR count). The molecular weight excluding hydrogens is 573 g/mol. The molecule has 0 saturated heterocycles. The molecule has 1 atom stereocenters. The van der Waals surface area contributed by atoms with Crippen molar-refractivity contribution in [3.63, 3.8) is 0 Å². The second-order valence-electron chi connectivity index (χ2n) is 9.95. The van der Waals surface area contributed by atoms with Crippen LogP contribution in [-0.2, 0) is 33.9 Å². The fraction of sp³-hybridized carbons (Fsp3) is 0.611. The summed E-state index contributed by atoms with van der Waals surface area (Å²) in [7, 11) is 0. The molecule has 0 fully saturated rings.